The third kappa shape index (κ3) is 2.58. The average molecular weight is 409 g/mol. The first-order chi connectivity index (χ1) is 13.9. The van der Waals surface area contributed by atoms with Gasteiger partial charge in [-0.15, -0.1) is 0 Å². The summed E-state index contributed by atoms with van der Waals surface area (Å²) in [6.07, 6.45) is 14.4. The largest absolute Gasteiger partial charge is 0.0998 e. The van der Waals surface area contributed by atoms with Crippen LogP contribution in [-0.4, -0.2) is 0 Å². The first kappa shape index (κ1) is 21.3. The molecule has 0 aliphatic heterocycles. The van der Waals surface area contributed by atoms with Crippen molar-refractivity contribution in [2.45, 2.75) is 106 Å². The Morgan fingerprint density at radius 1 is 0.800 bits per heavy atom. The molecule has 0 aromatic rings. The lowest BCUT2D eigenvalue weighted by Gasteiger charge is -2.69. The highest BCUT2D eigenvalue weighted by Gasteiger charge is 2.65. The van der Waals surface area contributed by atoms with Crippen LogP contribution in [0.5, 0.6) is 0 Å². The predicted molar refractivity (Wildman–Crippen MR) is 129 cm³/mol. The van der Waals surface area contributed by atoms with Crippen molar-refractivity contribution in [1.82, 2.24) is 0 Å². The third-order valence-electron chi connectivity index (χ3n) is 12.6. The molecular formula is C30H48. The van der Waals surface area contributed by atoms with Crippen LogP contribution in [0.25, 0.3) is 0 Å². The molecule has 5 aliphatic rings. The Bertz CT molecular complexity index is 756. The van der Waals surface area contributed by atoms with Gasteiger partial charge < -0.3 is 0 Å². The zero-order valence-electron chi connectivity index (χ0n) is 20.9. The minimum atomic E-state index is 0.326. The van der Waals surface area contributed by atoms with Crippen LogP contribution in [0, 0.1) is 57.2 Å². The third-order valence-corrected chi connectivity index (χ3v) is 12.6. The molecule has 0 saturated heterocycles. The highest BCUT2D eigenvalue weighted by Crippen LogP contribution is 2.73. The van der Waals surface area contributed by atoms with E-state index in [1.165, 1.54) is 75.4 Å². The maximum absolute atomic E-state index is 4.54. The summed E-state index contributed by atoms with van der Waals surface area (Å²) in [5.74, 6) is 5.39. The van der Waals surface area contributed by atoms with Crippen molar-refractivity contribution in [2.75, 3.05) is 0 Å². The van der Waals surface area contributed by atoms with E-state index in [0.717, 1.165) is 35.5 Å². The van der Waals surface area contributed by atoms with Crippen LogP contribution in [0.4, 0.5) is 0 Å². The monoisotopic (exact) mass is 408 g/mol. The molecule has 0 nitrogen and oxygen atoms in total. The van der Waals surface area contributed by atoms with Gasteiger partial charge in [-0.25, -0.2) is 0 Å². The van der Waals surface area contributed by atoms with Gasteiger partial charge in [0.2, 0.25) is 0 Å². The number of allylic oxidation sites excluding steroid dienone is 2. The molecule has 0 amide bonds. The zero-order chi connectivity index (χ0) is 21.7. The fraction of sp³-hybridized carbons (Fsp3) is 0.867. The van der Waals surface area contributed by atoms with Crippen LogP contribution in [0.15, 0.2) is 24.3 Å². The Labute approximate surface area is 187 Å². The van der Waals surface area contributed by atoms with Gasteiger partial charge in [0.1, 0.15) is 0 Å². The van der Waals surface area contributed by atoms with Crippen LogP contribution in [0.3, 0.4) is 0 Å². The molecule has 5 fully saturated rings. The molecule has 5 saturated carbocycles. The Kier molecular flexibility index (Phi) is 4.63. The number of hydrogen-bond donors (Lipinski definition) is 0. The molecule has 5 aliphatic carbocycles. The molecular weight excluding hydrogens is 360 g/mol. The molecule has 9 atom stereocenters. The smallest absolute Gasteiger partial charge is 0.0114 e. The molecule has 168 valence electrons. The number of fused-ring (bicyclic) bond motifs is 7. The van der Waals surface area contributed by atoms with Gasteiger partial charge in [-0.05, 0) is 128 Å². The van der Waals surface area contributed by atoms with Crippen LogP contribution in [0.1, 0.15) is 106 Å². The average Bonchev–Trinajstić information content (AvgIpc) is 3.03. The second-order valence-corrected chi connectivity index (χ2v) is 14.0. The second kappa shape index (κ2) is 6.51. The summed E-state index contributed by atoms with van der Waals surface area (Å²) in [6, 6.07) is 0. The molecule has 0 heterocycles. The van der Waals surface area contributed by atoms with Crippen molar-refractivity contribution in [2.24, 2.45) is 57.2 Å². The van der Waals surface area contributed by atoms with Crippen molar-refractivity contribution in [3.63, 3.8) is 0 Å². The standard InChI is InChI=1S/C30H48/c1-19(2)21-12-15-28(6)16-13-23-22(26(21)28)9-10-25-29(23,7)18-14-24-27(4,5)20(3)11-17-30(24,25)8/h21-26H,1,3,9-18H2,2,4-8H3. The Morgan fingerprint density at radius 2 is 1.50 bits per heavy atom. The summed E-state index contributed by atoms with van der Waals surface area (Å²) in [5.41, 5.74) is 5.03. The van der Waals surface area contributed by atoms with Crippen LogP contribution < -0.4 is 0 Å². The van der Waals surface area contributed by atoms with E-state index in [9.17, 15) is 0 Å². The summed E-state index contributed by atoms with van der Waals surface area (Å²) < 4.78 is 0. The number of hydrogen-bond acceptors (Lipinski definition) is 0. The molecule has 0 aromatic heterocycles. The van der Waals surface area contributed by atoms with Crippen LogP contribution in [-0.2, 0) is 0 Å². The molecule has 0 N–H and O–H groups in total. The summed E-state index contributed by atoms with van der Waals surface area (Å²) >= 11 is 0. The summed E-state index contributed by atoms with van der Waals surface area (Å²) in [7, 11) is 0. The molecule has 9 unspecified atom stereocenters. The lowest BCUT2D eigenvalue weighted by molar-refractivity contribution is -0.188. The first-order valence-corrected chi connectivity index (χ1v) is 13.3. The maximum atomic E-state index is 4.54. The van der Waals surface area contributed by atoms with E-state index in [4.69, 9.17) is 0 Å². The zero-order valence-corrected chi connectivity index (χ0v) is 20.9. The van der Waals surface area contributed by atoms with Crippen molar-refractivity contribution in [3.8, 4) is 0 Å². The van der Waals surface area contributed by atoms with E-state index >= 15 is 0 Å². The predicted octanol–water partition coefficient (Wildman–Crippen LogP) is 8.83. The van der Waals surface area contributed by atoms with Gasteiger partial charge in [-0.3, -0.25) is 0 Å². The van der Waals surface area contributed by atoms with Crippen LogP contribution >= 0.6 is 0 Å². The molecule has 5 rings (SSSR count). The van der Waals surface area contributed by atoms with E-state index in [0.29, 0.717) is 21.7 Å². The van der Waals surface area contributed by atoms with Crippen molar-refractivity contribution in [3.05, 3.63) is 24.3 Å². The van der Waals surface area contributed by atoms with Crippen molar-refractivity contribution < 1.29 is 0 Å². The van der Waals surface area contributed by atoms with E-state index in [1.807, 2.05) is 0 Å². The first-order valence-electron chi connectivity index (χ1n) is 13.3. The Hall–Kier alpha value is -0.520. The van der Waals surface area contributed by atoms with Crippen LogP contribution in [0.2, 0.25) is 0 Å². The fourth-order valence-electron chi connectivity index (χ4n) is 11.1. The minimum absolute atomic E-state index is 0.326. The maximum Gasteiger partial charge on any atom is -0.0114 e. The van der Waals surface area contributed by atoms with Gasteiger partial charge in [0.15, 0.2) is 0 Å². The Balaban J connectivity index is 1.50. The molecule has 0 heteroatoms. The molecule has 0 spiro atoms. The summed E-state index contributed by atoms with van der Waals surface area (Å²) in [6.45, 7) is 24.5. The fourth-order valence-corrected chi connectivity index (χ4v) is 11.1. The lowest BCUT2D eigenvalue weighted by atomic mass is 9.36. The highest BCUT2D eigenvalue weighted by molar-refractivity contribution is 5.22. The van der Waals surface area contributed by atoms with Gasteiger partial charge in [-0.1, -0.05) is 58.9 Å². The van der Waals surface area contributed by atoms with E-state index in [-0.39, 0.29) is 0 Å². The van der Waals surface area contributed by atoms with Crippen molar-refractivity contribution >= 4 is 0 Å². The topological polar surface area (TPSA) is 0 Å². The van der Waals surface area contributed by atoms with Gasteiger partial charge in [0.25, 0.3) is 0 Å². The second-order valence-electron chi connectivity index (χ2n) is 14.0. The minimum Gasteiger partial charge on any atom is -0.0998 e. The molecule has 0 bridgehead atoms. The van der Waals surface area contributed by atoms with E-state index in [2.05, 4.69) is 54.7 Å². The Morgan fingerprint density at radius 3 is 2.20 bits per heavy atom. The van der Waals surface area contributed by atoms with Gasteiger partial charge in [0.05, 0.1) is 0 Å². The quantitative estimate of drug-likeness (QED) is 0.380. The molecule has 0 aromatic carbocycles. The lowest BCUT2D eigenvalue weighted by Crippen LogP contribution is -2.61. The highest BCUT2D eigenvalue weighted by atomic mass is 14.7. The van der Waals surface area contributed by atoms with Gasteiger partial charge in [-0.2, -0.15) is 0 Å². The molecule has 30 heavy (non-hydrogen) atoms. The van der Waals surface area contributed by atoms with Gasteiger partial charge in [0, 0.05) is 0 Å². The normalized spacial score (nSPS) is 54.5. The SMILES string of the molecule is C=C(C)C1CCC2(C)CCC3C(CCC4C3(C)CCC3C(C)(C)C(=C)CCC34C)C12. The summed E-state index contributed by atoms with van der Waals surface area (Å²) in [4.78, 5) is 0. The number of rotatable bonds is 1. The van der Waals surface area contributed by atoms with E-state index < -0.39 is 0 Å². The van der Waals surface area contributed by atoms with Gasteiger partial charge >= 0.3 is 0 Å². The summed E-state index contributed by atoms with van der Waals surface area (Å²) in [5, 5.41) is 0. The van der Waals surface area contributed by atoms with E-state index in [1.54, 1.807) is 0 Å². The van der Waals surface area contributed by atoms with Crippen molar-refractivity contribution in [1.29, 1.82) is 0 Å². The molecule has 0 radical (unpaired) electrons.